The van der Waals surface area contributed by atoms with Crippen LogP contribution in [0.15, 0.2) is 36.4 Å². The van der Waals surface area contributed by atoms with Crippen molar-refractivity contribution < 1.29 is 14.1 Å². The molecule has 0 bridgehead atoms. The van der Waals surface area contributed by atoms with Gasteiger partial charge in [0.2, 0.25) is 0 Å². The minimum absolute atomic E-state index is 0.0418. The van der Waals surface area contributed by atoms with Crippen LogP contribution in [0.25, 0.3) is 0 Å². The van der Waals surface area contributed by atoms with E-state index < -0.39 is 10.7 Å². The molecule has 0 aliphatic rings. The van der Waals surface area contributed by atoms with Crippen LogP contribution < -0.4 is 4.74 Å². The number of hydrogen-bond acceptors (Lipinski definition) is 3. The first-order valence-electron chi connectivity index (χ1n) is 5.48. The predicted molar refractivity (Wildman–Crippen MR) is 77.2 cm³/mol. The van der Waals surface area contributed by atoms with E-state index in [2.05, 4.69) is 15.9 Å². The van der Waals surface area contributed by atoms with Gasteiger partial charge in [0, 0.05) is 23.0 Å². The van der Waals surface area contributed by atoms with Crippen molar-refractivity contribution in [3.8, 4) is 11.5 Å². The van der Waals surface area contributed by atoms with E-state index in [4.69, 9.17) is 16.3 Å². The first-order valence-corrected chi connectivity index (χ1v) is 6.98. The van der Waals surface area contributed by atoms with Crippen molar-refractivity contribution in [2.45, 2.75) is 5.33 Å². The molecule has 0 aliphatic carbocycles. The smallest absolute Gasteiger partial charge is 0.271 e. The van der Waals surface area contributed by atoms with Gasteiger partial charge < -0.3 is 4.74 Å². The zero-order chi connectivity index (χ0) is 14.7. The molecule has 0 unspecified atom stereocenters. The van der Waals surface area contributed by atoms with Crippen LogP contribution in [0, 0.1) is 15.9 Å². The molecule has 0 atom stereocenters. The number of nitro benzene ring substituents is 1. The van der Waals surface area contributed by atoms with Crippen molar-refractivity contribution >= 4 is 33.2 Å². The number of hydrogen-bond donors (Lipinski definition) is 0. The Kier molecular flexibility index (Phi) is 4.57. The Morgan fingerprint density at radius 1 is 1.35 bits per heavy atom. The molecule has 0 radical (unpaired) electrons. The number of rotatable bonds is 4. The fourth-order valence-corrected chi connectivity index (χ4v) is 2.22. The zero-order valence-corrected chi connectivity index (χ0v) is 12.3. The summed E-state index contributed by atoms with van der Waals surface area (Å²) in [6.07, 6.45) is 0. The second kappa shape index (κ2) is 6.19. The molecular weight excluding hydrogens is 353 g/mol. The van der Waals surface area contributed by atoms with Gasteiger partial charge >= 0.3 is 0 Å². The van der Waals surface area contributed by atoms with Gasteiger partial charge in [-0.2, -0.15) is 0 Å². The van der Waals surface area contributed by atoms with Gasteiger partial charge in [0.05, 0.1) is 9.95 Å². The minimum Gasteiger partial charge on any atom is -0.452 e. The molecule has 0 aliphatic heterocycles. The SMILES string of the molecule is O=[N+]([O-])c1ccc(Oc2c(F)cccc2CBr)c(Cl)c1. The fourth-order valence-electron chi connectivity index (χ4n) is 1.57. The number of ether oxygens (including phenoxy) is 1. The van der Waals surface area contributed by atoms with Crippen LogP contribution in [0.1, 0.15) is 5.56 Å². The largest absolute Gasteiger partial charge is 0.452 e. The molecule has 2 aromatic carbocycles. The van der Waals surface area contributed by atoms with Gasteiger partial charge in [0.1, 0.15) is 5.75 Å². The van der Waals surface area contributed by atoms with Crippen LogP contribution in [-0.4, -0.2) is 4.92 Å². The average molecular weight is 361 g/mol. The summed E-state index contributed by atoms with van der Waals surface area (Å²) in [6, 6.07) is 8.27. The topological polar surface area (TPSA) is 52.4 Å². The number of nitro groups is 1. The van der Waals surface area contributed by atoms with Gasteiger partial charge in [-0.25, -0.2) is 4.39 Å². The van der Waals surface area contributed by atoms with E-state index in [1.165, 1.54) is 18.2 Å². The summed E-state index contributed by atoms with van der Waals surface area (Å²) < 4.78 is 19.2. The summed E-state index contributed by atoms with van der Waals surface area (Å²) in [5.41, 5.74) is 0.455. The van der Waals surface area contributed by atoms with E-state index in [-0.39, 0.29) is 22.2 Å². The molecular formula is C13H8BrClFNO3. The van der Waals surface area contributed by atoms with Crippen LogP contribution in [0.2, 0.25) is 5.02 Å². The first kappa shape index (κ1) is 14.7. The molecule has 0 saturated heterocycles. The lowest BCUT2D eigenvalue weighted by Crippen LogP contribution is -1.95. The van der Waals surface area contributed by atoms with E-state index in [0.29, 0.717) is 10.9 Å². The molecule has 0 heterocycles. The van der Waals surface area contributed by atoms with E-state index in [1.54, 1.807) is 12.1 Å². The number of nitrogens with zero attached hydrogens (tertiary/aromatic N) is 1. The second-order valence-electron chi connectivity index (χ2n) is 3.84. The van der Waals surface area contributed by atoms with Crippen LogP contribution in [0.3, 0.4) is 0 Å². The highest BCUT2D eigenvalue weighted by Crippen LogP contribution is 2.35. The summed E-state index contributed by atoms with van der Waals surface area (Å²) >= 11 is 9.14. The van der Waals surface area contributed by atoms with E-state index in [0.717, 1.165) is 6.07 Å². The third-order valence-electron chi connectivity index (χ3n) is 2.53. The highest BCUT2D eigenvalue weighted by Gasteiger charge is 2.14. The van der Waals surface area contributed by atoms with Gasteiger partial charge in [0.15, 0.2) is 11.6 Å². The van der Waals surface area contributed by atoms with Crippen LogP contribution in [0.5, 0.6) is 11.5 Å². The van der Waals surface area contributed by atoms with Crippen molar-refractivity contribution in [3.63, 3.8) is 0 Å². The Morgan fingerprint density at radius 2 is 2.10 bits per heavy atom. The van der Waals surface area contributed by atoms with E-state index in [1.807, 2.05) is 0 Å². The molecule has 0 saturated carbocycles. The lowest BCUT2D eigenvalue weighted by Gasteiger charge is -2.11. The summed E-state index contributed by atoms with van der Waals surface area (Å²) in [6.45, 7) is 0. The first-order chi connectivity index (χ1) is 9.52. The molecule has 0 spiro atoms. The van der Waals surface area contributed by atoms with Crippen molar-refractivity contribution in [1.82, 2.24) is 0 Å². The normalized spacial score (nSPS) is 10.3. The van der Waals surface area contributed by atoms with Gasteiger partial charge in [-0.05, 0) is 12.1 Å². The third kappa shape index (κ3) is 3.08. The number of alkyl halides is 1. The highest BCUT2D eigenvalue weighted by molar-refractivity contribution is 9.08. The Morgan fingerprint density at radius 3 is 2.70 bits per heavy atom. The van der Waals surface area contributed by atoms with Gasteiger partial charge in [-0.3, -0.25) is 10.1 Å². The summed E-state index contributed by atoms with van der Waals surface area (Å²) in [4.78, 5) is 10.1. The number of benzene rings is 2. The molecule has 104 valence electrons. The molecule has 0 aromatic heterocycles. The molecule has 2 aromatic rings. The van der Waals surface area contributed by atoms with Crippen molar-refractivity contribution in [1.29, 1.82) is 0 Å². The number of non-ortho nitro benzene ring substituents is 1. The maximum atomic E-state index is 13.8. The summed E-state index contributed by atoms with van der Waals surface area (Å²) in [5, 5.41) is 11.1. The second-order valence-corrected chi connectivity index (χ2v) is 4.80. The molecule has 20 heavy (non-hydrogen) atoms. The lowest BCUT2D eigenvalue weighted by atomic mass is 10.2. The van der Waals surface area contributed by atoms with Crippen LogP contribution in [-0.2, 0) is 5.33 Å². The molecule has 0 amide bonds. The van der Waals surface area contributed by atoms with Crippen LogP contribution >= 0.6 is 27.5 Å². The van der Waals surface area contributed by atoms with E-state index in [9.17, 15) is 14.5 Å². The molecule has 2 rings (SSSR count). The molecule has 0 fully saturated rings. The average Bonchev–Trinajstić information content (AvgIpc) is 2.42. The Bertz CT molecular complexity index is 666. The summed E-state index contributed by atoms with van der Waals surface area (Å²) in [5.74, 6) is -0.332. The molecule has 0 N–H and O–H groups in total. The van der Waals surface area contributed by atoms with Crippen molar-refractivity contribution in [2.24, 2.45) is 0 Å². The maximum absolute atomic E-state index is 13.8. The lowest BCUT2D eigenvalue weighted by molar-refractivity contribution is -0.384. The zero-order valence-electron chi connectivity index (χ0n) is 9.98. The molecule has 7 heteroatoms. The van der Waals surface area contributed by atoms with Crippen LogP contribution in [0.4, 0.5) is 10.1 Å². The Labute approximate surface area is 127 Å². The van der Waals surface area contributed by atoms with Gasteiger partial charge in [-0.1, -0.05) is 39.7 Å². The van der Waals surface area contributed by atoms with E-state index >= 15 is 0 Å². The Balaban J connectivity index is 2.38. The number of halogens is 3. The highest BCUT2D eigenvalue weighted by atomic mass is 79.9. The van der Waals surface area contributed by atoms with Crippen molar-refractivity contribution in [3.05, 3.63) is 62.9 Å². The third-order valence-corrected chi connectivity index (χ3v) is 3.43. The fraction of sp³-hybridized carbons (Fsp3) is 0.0769. The quantitative estimate of drug-likeness (QED) is 0.434. The van der Waals surface area contributed by atoms with Gasteiger partial charge in [0.25, 0.3) is 5.69 Å². The van der Waals surface area contributed by atoms with Crippen molar-refractivity contribution in [2.75, 3.05) is 0 Å². The monoisotopic (exact) mass is 359 g/mol. The minimum atomic E-state index is -0.567. The standard InChI is InChI=1S/C13H8BrClFNO3/c14-7-8-2-1-3-11(16)13(8)20-12-5-4-9(17(18)19)6-10(12)15/h1-6H,7H2. The number of para-hydroxylation sites is 1. The van der Waals surface area contributed by atoms with Gasteiger partial charge in [-0.15, -0.1) is 0 Å². The molecule has 4 nitrogen and oxygen atoms in total. The maximum Gasteiger partial charge on any atom is 0.271 e. The Hall–Kier alpha value is -1.66. The predicted octanol–water partition coefficient (Wildman–Crippen LogP) is 5.07. The summed E-state index contributed by atoms with van der Waals surface area (Å²) in [7, 11) is 0.